The third kappa shape index (κ3) is 5.26. The number of likely N-dealkylation sites (tertiary alicyclic amines) is 1. The lowest BCUT2D eigenvalue weighted by Crippen LogP contribution is -2.38. The standard InChI is InChI=1S/C25H26FN3O2/c1-31-22-8-5-18(6-9-22)7-10-25(30)29-13-11-19(12-14-29)23-16-27-17-24(28-23)20-3-2-4-21(26)15-20/h2-6,8-9,15-17,19H,7,10-14H2,1H3. The number of aromatic nitrogens is 2. The summed E-state index contributed by atoms with van der Waals surface area (Å²) in [6.45, 7) is 1.44. The Balaban J connectivity index is 1.32. The predicted molar refractivity (Wildman–Crippen MR) is 117 cm³/mol. The third-order valence-electron chi connectivity index (χ3n) is 5.83. The minimum atomic E-state index is -0.286. The van der Waals surface area contributed by atoms with Crippen LogP contribution in [0.15, 0.2) is 60.9 Å². The Labute approximate surface area is 181 Å². The van der Waals surface area contributed by atoms with Gasteiger partial charge in [-0.05, 0) is 49.1 Å². The highest BCUT2D eigenvalue weighted by atomic mass is 19.1. The van der Waals surface area contributed by atoms with Crippen molar-refractivity contribution in [3.05, 3.63) is 78.0 Å². The summed E-state index contributed by atoms with van der Waals surface area (Å²) in [5, 5.41) is 0. The van der Waals surface area contributed by atoms with Crippen LogP contribution in [0.3, 0.4) is 0 Å². The molecule has 3 aromatic rings. The van der Waals surface area contributed by atoms with E-state index in [2.05, 4.69) is 4.98 Å². The van der Waals surface area contributed by atoms with Crippen LogP contribution in [0, 0.1) is 5.82 Å². The van der Waals surface area contributed by atoms with Gasteiger partial charge in [-0.3, -0.25) is 9.78 Å². The number of hydrogen-bond donors (Lipinski definition) is 0. The number of carbonyl (C=O) groups excluding carboxylic acids is 1. The van der Waals surface area contributed by atoms with Crippen molar-refractivity contribution in [2.75, 3.05) is 20.2 Å². The lowest BCUT2D eigenvalue weighted by atomic mass is 9.93. The van der Waals surface area contributed by atoms with Crippen LogP contribution in [0.5, 0.6) is 5.75 Å². The van der Waals surface area contributed by atoms with Crippen molar-refractivity contribution >= 4 is 5.91 Å². The van der Waals surface area contributed by atoms with Crippen molar-refractivity contribution in [3.63, 3.8) is 0 Å². The van der Waals surface area contributed by atoms with Gasteiger partial charge >= 0.3 is 0 Å². The van der Waals surface area contributed by atoms with Crippen LogP contribution >= 0.6 is 0 Å². The molecule has 1 fully saturated rings. The molecule has 0 spiro atoms. The second kappa shape index (κ2) is 9.69. The number of benzene rings is 2. The van der Waals surface area contributed by atoms with Gasteiger partial charge in [-0.1, -0.05) is 24.3 Å². The number of halogens is 1. The van der Waals surface area contributed by atoms with Gasteiger partial charge in [0, 0.05) is 37.2 Å². The summed E-state index contributed by atoms with van der Waals surface area (Å²) in [5.41, 5.74) is 3.44. The Morgan fingerprint density at radius 2 is 1.90 bits per heavy atom. The molecule has 4 rings (SSSR count). The molecule has 160 valence electrons. The van der Waals surface area contributed by atoms with Gasteiger partial charge in [-0.2, -0.15) is 0 Å². The second-order valence-electron chi connectivity index (χ2n) is 7.84. The van der Waals surface area contributed by atoms with Crippen molar-refractivity contribution in [2.45, 2.75) is 31.6 Å². The fraction of sp³-hybridized carbons (Fsp3) is 0.320. The first-order valence-electron chi connectivity index (χ1n) is 10.6. The van der Waals surface area contributed by atoms with Crippen LogP contribution in [0.2, 0.25) is 0 Å². The highest BCUT2D eigenvalue weighted by Crippen LogP contribution is 2.28. The molecule has 0 aliphatic carbocycles. The number of ether oxygens (including phenoxy) is 1. The fourth-order valence-corrected chi connectivity index (χ4v) is 3.99. The maximum atomic E-state index is 13.5. The van der Waals surface area contributed by atoms with Crippen molar-refractivity contribution in [3.8, 4) is 17.0 Å². The van der Waals surface area contributed by atoms with Crippen molar-refractivity contribution in [1.29, 1.82) is 0 Å². The SMILES string of the molecule is COc1ccc(CCC(=O)N2CCC(c3cncc(-c4cccc(F)c4)n3)CC2)cc1. The number of nitrogens with zero attached hydrogens (tertiary/aromatic N) is 3. The topological polar surface area (TPSA) is 55.3 Å². The summed E-state index contributed by atoms with van der Waals surface area (Å²) >= 11 is 0. The number of carbonyl (C=O) groups is 1. The average Bonchev–Trinajstić information content (AvgIpc) is 2.83. The van der Waals surface area contributed by atoms with E-state index in [1.165, 1.54) is 12.1 Å². The summed E-state index contributed by atoms with van der Waals surface area (Å²) in [4.78, 5) is 23.6. The number of piperidine rings is 1. The summed E-state index contributed by atoms with van der Waals surface area (Å²) in [7, 11) is 1.64. The van der Waals surface area contributed by atoms with Gasteiger partial charge in [0.05, 0.1) is 24.7 Å². The molecule has 0 atom stereocenters. The van der Waals surface area contributed by atoms with Gasteiger partial charge in [0.25, 0.3) is 0 Å². The van der Waals surface area contributed by atoms with E-state index in [-0.39, 0.29) is 17.6 Å². The first-order valence-corrected chi connectivity index (χ1v) is 10.6. The number of rotatable bonds is 6. The third-order valence-corrected chi connectivity index (χ3v) is 5.83. The fourth-order valence-electron chi connectivity index (χ4n) is 3.99. The summed E-state index contributed by atoms with van der Waals surface area (Å²) < 4.78 is 18.7. The molecule has 1 aliphatic heterocycles. The quantitative estimate of drug-likeness (QED) is 0.585. The van der Waals surface area contributed by atoms with Gasteiger partial charge in [0.1, 0.15) is 11.6 Å². The first kappa shape index (κ1) is 21.0. The Bertz CT molecular complexity index is 1030. The molecule has 2 aromatic carbocycles. The Morgan fingerprint density at radius 3 is 2.61 bits per heavy atom. The van der Waals surface area contributed by atoms with Gasteiger partial charge in [-0.25, -0.2) is 9.37 Å². The maximum Gasteiger partial charge on any atom is 0.222 e. The summed E-state index contributed by atoms with van der Waals surface area (Å²) in [5.74, 6) is 0.980. The van der Waals surface area contributed by atoms with E-state index in [0.29, 0.717) is 12.1 Å². The molecule has 0 unspecified atom stereocenters. The maximum absolute atomic E-state index is 13.5. The van der Waals surface area contributed by atoms with E-state index in [9.17, 15) is 9.18 Å². The Kier molecular flexibility index (Phi) is 6.55. The van der Waals surface area contributed by atoms with Gasteiger partial charge in [0.2, 0.25) is 5.91 Å². The molecule has 1 aliphatic rings. The number of methoxy groups -OCH3 is 1. The van der Waals surface area contributed by atoms with Crippen molar-refractivity contribution < 1.29 is 13.9 Å². The van der Waals surface area contributed by atoms with Gasteiger partial charge < -0.3 is 9.64 Å². The second-order valence-corrected chi connectivity index (χ2v) is 7.84. The smallest absolute Gasteiger partial charge is 0.222 e. The molecule has 0 radical (unpaired) electrons. The summed E-state index contributed by atoms with van der Waals surface area (Å²) in [6.07, 6.45) is 6.39. The molecule has 1 saturated heterocycles. The zero-order valence-corrected chi connectivity index (χ0v) is 17.6. The van der Waals surface area contributed by atoms with E-state index >= 15 is 0 Å². The Morgan fingerprint density at radius 1 is 1.13 bits per heavy atom. The van der Waals surface area contributed by atoms with Crippen LogP contribution in [0.4, 0.5) is 4.39 Å². The molecule has 6 heteroatoms. The van der Waals surface area contributed by atoms with E-state index in [1.54, 1.807) is 25.6 Å². The number of amides is 1. The van der Waals surface area contributed by atoms with Crippen molar-refractivity contribution in [2.24, 2.45) is 0 Å². The van der Waals surface area contributed by atoms with Crippen molar-refractivity contribution in [1.82, 2.24) is 14.9 Å². The van der Waals surface area contributed by atoms with E-state index in [4.69, 9.17) is 9.72 Å². The highest BCUT2D eigenvalue weighted by Gasteiger charge is 2.25. The monoisotopic (exact) mass is 419 g/mol. The lowest BCUT2D eigenvalue weighted by molar-refractivity contribution is -0.132. The Hall–Kier alpha value is -3.28. The molecule has 5 nitrogen and oxygen atoms in total. The molecule has 0 N–H and O–H groups in total. The average molecular weight is 420 g/mol. The first-order chi connectivity index (χ1) is 15.1. The minimum absolute atomic E-state index is 0.189. The van der Waals surface area contributed by atoms with E-state index in [0.717, 1.165) is 54.9 Å². The van der Waals surface area contributed by atoms with Crippen LogP contribution < -0.4 is 4.74 Å². The molecule has 31 heavy (non-hydrogen) atoms. The molecule has 1 amide bonds. The van der Waals surface area contributed by atoms with Crippen LogP contribution in [-0.2, 0) is 11.2 Å². The molecule has 0 saturated carbocycles. The molecule has 2 heterocycles. The molecular weight excluding hydrogens is 393 g/mol. The molecule has 0 bridgehead atoms. The predicted octanol–water partition coefficient (Wildman–Crippen LogP) is 4.63. The van der Waals surface area contributed by atoms with E-state index < -0.39 is 0 Å². The number of hydrogen-bond acceptors (Lipinski definition) is 4. The van der Waals surface area contributed by atoms with Crippen LogP contribution in [-0.4, -0.2) is 41.0 Å². The summed E-state index contributed by atoms with van der Waals surface area (Å²) in [6, 6.07) is 14.2. The highest BCUT2D eigenvalue weighted by molar-refractivity contribution is 5.76. The van der Waals surface area contributed by atoms with Gasteiger partial charge in [-0.15, -0.1) is 0 Å². The zero-order valence-electron chi connectivity index (χ0n) is 17.6. The normalized spacial score (nSPS) is 14.5. The van der Waals surface area contributed by atoms with E-state index in [1.807, 2.05) is 35.2 Å². The lowest BCUT2D eigenvalue weighted by Gasteiger charge is -2.32. The van der Waals surface area contributed by atoms with Crippen LogP contribution in [0.1, 0.15) is 36.4 Å². The number of aryl methyl sites for hydroxylation is 1. The molecular formula is C25H26FN3O2. The zero-order chi connectivity index (χ0) is 21.6. The largest absolute Gasteiger partial charge is 0.497 e. The molecule has 1 aromatic heterocycles. The van der Waals surface area contributed by atoms with Gasteiger partial charge in [0.15, 0.2) is 0 Å². The minimum Gasteiger partial charge on any atom is -0.497 e. The van der Waals surface area contributed by atoms with Crippen LogP contribution in [0.25, 0.3) is 11.3 Å².